The van der Waals surface area contributed by atoms with Crippen LogP contribution in [0.3, 0.4) is 0 Å². The van der Waals surface area contributed by atoms with E-state index in [-0.39, 0.29) is 0 Å². The van der Waals surface area contributed by atoms with E-state index in [0.29, 0.717) is 35.8 Å². The monoisotopic (exact) mass is 421 g/mol. The molecule has 0 radical (unpaired) electrons. The molecule has 4 rings (SSSR count). The summed E-state index contributed by atoms with van der Waals surface area (Å²) in [5, 5.41) is 0. The molecule has 1 aliphatic rings. The normalized spacial score (nSPS) is 12.2. The standard InChI is InChI=1S/C23H23N3O5/c1-14-11-19(15(2)26(14)17-5-4-6-18(13-17)29-3)23(28)25-24-22(27)16-7-8-20-21(12-16)31-10-9-30-20/h4-8,11-13H,9-10H2,1-3H3,(H,24,27)(H,25,28). The molecular weight excluding hydrogens is 398 g/mol. The minimum absolute atomic E-state index is 0.353. The number of amides is 2. The number of carbonyl (C=O) groups excluding carboxylic acids is 2. The van der Waals surface area contributed by atoms with Crippen LogP contribution in [0.2, 0.25) is 0 Å². The molecule has 160 valence electrons. The Balaban J connectivity index is 1.48. The van der Waals surface area contributed by atoms with Gasteiger partial charge in [-0.25, -0.2) is 0 Å². The molecule has 0 saturated carbocycles. The number of aromatic nitrogens is 1. The number of hydrogen-bond acceptors (Lipinski definition) is 5. The molecule has 2 N–H and O–H groups in total. The van der Waals surface area contributed by atoms with Crippen LogP contribution in [0.1, 0.15) is 32.1 Å². The van der Waals surface area contributed by atoms with Crippen molar-refractivity contribution in [1.82, 2.24) is 15.4 Å². The van der Waals surface area contributed by atoms with Gasteiger partial charge in [-0.1, -0.05) is 6.07 Å². The van der Waals surface area contributed by atoms with Crippen molar-refractivity contribution in [3.63, 3.8) is 0 Å². The zero-order valence-electron chi connectivity index (χ0n) is 17.5. The first kappa shape index (κ1) is 20.3. The van der Waals surface area contributed by atoms with E-state index in [9.17, 15) is 9.59 Å². The Bertz CT molecular complexity index is 1150. The summed E-state index contributed by atoms with van der Waals surface area (Å²) in [7, 11) is 1.61. The molecule has 8 heteroatoms. The summed E-state index contributed by atoms with van der Waals surface area (Å²) in [5.74, 6) is 0.964. The summed E-state index contributed by atoms with van der Waals surface area (Å²) in [4.78, 5) is 25.2. The van der Waals surface area contributed by atoms with Crippen molar-refractivity contribution in [3.8, 4) is 22.9 Å². The van der Waals surface area contributed by atoms with Crippen molar-refractivity contribution in [1.29, 1.82) is 0 Å². The van der Waals surface area contributed by atoms with Crippen LogP contribution < -0.4 is 25.1 Å². The second-order valence-corrected chi connectivity index (χ2v) is 7.09. The van der Waals surface area contributed by atoms with Gasteiger partial charge in [-0.15, -0.1) is 0 Å². The minimum atomic E-state index is -0.452. The zero-order chi connectivity index (χ0) is 22.0. The van der Waals surface area contributed by atoms with Gasteiger partial charge in [0.15, 0.2) is 11.5 Å². The Hall–Kier alpha value is -3.94. The average molecular weight is 421 g/mol. The topological polar surface area (TPSA) is 90.8 Å². The predicted molar refractivity (Wildman–Crippen MR) is 114 cm³/mol. The number of aryl methyl sites for hydroxylation is 1. The van der Waals surface area contributed by atoms with Crippen LogP contribution >= 0.6 is 0 Å². The number of rotatable bonds is 4. The van der Waals surface area contributed by atoms with Crippen LogP contribution in [0.5, 0.6) is 17.2 Å². The molecular formula is C23H23N3O5. The van der Waals surface area contributed by atoms with Gasteiger partial charge in [0, 0.05) is 28.7 Å². The molecule has 0 fully saturated rings. The molecule has 2 amide bonds. The maximum atomic E-state index is 12.7. The molecule has 1 aromatic heterocycles. The van der Waals surface area contributed by atoms with Crippen LogP contribution in [0, 0.1) is 13.8 Å². The van der Waals surface area contributed by atoms with Crippen molar-refractivity contribution in [2.75, 3.05) is 20.3 Å². The summed E-state index contributed by atoms with van der Waals surface area (Å²) in [6.07, 6.45) is 0. The van der Waals surface area contributed by atoms with Gasteiger partial charge >= 0.3 is 0 Å². The summed E-state index contributed by atoms with van der Waals surface area (Å²) in [6.45, 7) is 4.67. The Labute approximate surface area is 179 Å². The summed E-state index contributed by atoms with van der Waals surface area (Å²) >= 11 is 0. The third-order valence-electron chi connectivity index (χ3n) is 5.08. The number of fused-ring (bicyclic) bond motifs is 1. The Morgan fingerprint density at radius 2 is 1.68 bits per heavy atom. The zero-order valence-corrected chi connectivity index (χ0v) is 17.5. The smallest absolute Gasteiger partial charge is 0.271 e. The number of methoxy groups -OCH3 is 1. The molecule has 31 heavy (non-hydrogen) atoms. The van der Waals surface area contributed by atoms with E-state index >= 15 is 0 Å². The summed E-state index contributed by atoms with van der Waals surface area (Å²) in [5.41, 5.74) is 8.27. The number of nitrogens with one attached hydrogen (secondary N) is 2. The second-order valence-electron chi connectivity index (χ2n) is 7.09. The highest BCUT2D eigenvalue weighted by Gasteiger charge is 2.19. The summed E-state index contributed by atoms with van der Waals surface area (Å²) < 4.78 is 18.2. The molecule has 0 spiro atoms. The van der Waals surface area contributed by atoms with Gasteiger partial charge in [-0.2, -0.15) is 0 Å². The minimum Gasteiger partial charge on any atom is -0.497 e. The number of benzene rings is 2. The van der Waals surface area contributed by atoms with Gasteiger partial charge in [-0.05, 0) is 50.2 Å². The lowest BCUT2D eigenvalue weighted by molar-refractivity contribution is 0.0845. The van der Waals surface area contributed by atoms with Gasteiger partial charge in [-0.3, -0.25) is 20.4 Å². The predicted octanol–water partition coefficient (Wildman–Crippen LogP) is 2.95. The van der Waals surface area contributed by atoms with E-state index in [2.05, 4.69) is 10.9 Å². The second kappa shape index (κ2) is 8.43. The Kier molecular flexibility index (Phi) is 5.53. The first-order valence-electron chi connectivity index (χ1n) is 9.81. The molecule has 1 aliphatic heterocycles. The molecule has 0 atom stereocenters. The number of hydrazine groups is 1. The molecule has 0 bridgehead atoms. The van der Waals surface area contributed by atoms with Crippen LogP contribution in [0.25, 0.3) is 5.69 Å². The molecule has 0 aliphatic carbocycles. The quantitative estimate of drug-likeness (QED) is 0.632. The highest BCUT2D eigenvalue weighted by Crippen LogP contribution is 2.30. The lowest BCUT2D eigenvalue weighted by atomic mass is 10.2. The van der Waals surface area contributed by atoms with E-state index < -0.39 is 11.8 Å². The molecule has 0 unspecified atom stereocenters. The maximum absolute atomic E-state index is 12.7. The molecule has 0 saturated heterocycles. The van der Waals surface area contributed by atoms with E-state index in [1.54, 1.807) is 31.4 Å². The van der Waals surface area contributed by atoms with E-state index in [0.717, 1.165) is 22.8 Å². The van der Waals surface area contributed by atoms with Gasteiger partial charge in [0.2, 0.25) is 0 Å². The number of nitrogens with zero attached hydrogens (tertiary/aromatic N) is 1. The van der Waals surface area contributed by atoms with Crippen molar-refractivity contribution in [2.45, 2.75) is 13.8 Å². The average Bonchev–Trinajstić information content (AvgIpc) is 3.10. The van der Waals surface area contributed by atoms with Crippen LogP contribution in [0.4, 0.5) is 0 Å². The molecule has 2 aromatic carbocycles. The molecule has 2 heterocycles. The third kappa shape index (κ3) is 4.05. The highest BCUT2D eigenvalue weighted by atomic mass is 16.6. The first-order chi connectivity index (χ1) is 15.0. The van der Waals surface area contributed by atoms with Crippen molar-refractivity contribution in [2.24, 2.45) is 0 Å². The lowest BCUT2D eigenvalue weighted by Gasteiger charge is -2.18. The van der Waals surface area contributed by atoms with Crippen molar-refractivity contribution >= 4 is 11.8 Å². The van der Waals surface area contributed by atoms with Gasteiger partial charge < -0.3 is 18.8 Å². The fourth-order valence-corrected chi connectivity index (χ4v) is 3.58. The number of carbonyl (C=O) groups is 2. The van der Waals surface area contributed by atoms with Crippen molar-refractivity contribution in [3.05, 3.63) is 71.0 Å². The van der Waals surface area contributed by atoms with Gasteiger partial charge in [0.1, 0.15) is 19.0 Å². The SMILES string of the molecule is COc1cccc(-n2c(C)cc(C(=O)NNC(=O)c3ccc4c(c3)OCCO4)c2C)c1. The van der Waals surface area contributed by atoms with Gasteiger partial charge in [0.05, 0.1) is 12.7 Å². The fraction of sp³-hybridized carbons (Fsp3) is 0.217. The number of ether oxygens (including phenoxy) is 3. The third-order valence-corrected chi connectivity index (χ3v) is 5.08. The number of hydrogen-bond donors (Lipinski definition) is 2. The van der Waals surface area contributed by atoms with Crippen LogP contribution in [-0.4, -0.2) is 36.7 Å². The molecule has 3 aromatic rings. The maximum Gasteiger partial charge on any atom is 0.271 e. The largest absolute Gasteiger partial charge is 0.497 e. The van der Waals surface area contributed by atoms with E-state index in [1.165, 1.54) is 0 Å². The van der Waals surface area contributed by atoms with Crippen LogP contribution in [-0.2, 0) is 0 Å². The van der Waals surface area contributed by atoms with Gasteiger partial charge in [0.25, 0.3) is 11.8 Å². The molecule has 8 nitrogen and oxygen atoms in total. The highest BCUT2D eigenvalue weighted by molar-refractivity contribution is 6.00. The fourth-order valence-electron chi connectivity index (χ4n) is 3.58. The first-order valence-corrected chi connectivity index (χ1v) is 9.81. The lowest BCUT2D eigenvalue weighted by Crippen LogP contribution is -2.41. The summed E-state index contributed by atoms with van der Waals surface area (Å²) in [6, 6.07) is 14.2. The Morgan fingerprint density at radius 3 is 2.45 bits per heavy atom. The van der Waals surface area contributed by atoms with E-state index in [1.807, 2.05) is 42.7 Å². The van der Waals surface area contributed by atoms with Crippen LogP contribution in [0.15, 0.2) is 48.5 Å². The Morgan fingerprint density at radius 1 is 0.935 bits per heavy atom. The van der Waals surface area contributed by atoms with E-state index in [4.69, 9.17) is 14.2 Å². The van der Waals surface area contributed by atoms with Crippen molar-refractivity contribution < 1.29 is 23.8 Å².